The molecule has 3 N–H and O–H groups in total. The third-order valence-electron chi connectivity index (χ3n) is 5.89. The Morgan fingerprint density at radius 3 is 2.79 bits per heavy atom. The van der Waals surface area contributed by atoms with Crippen molar-refractivity contribution < 1.29 is 9.13 Å². The van der Waals surface area contributed by atoms with Gasteiger partial charge < -0.3 is 20.2 Å². The second-order valence-corrected chi connectivity index (χ2v) is 8.20. The van der Waals surface area contributed by atoms with Gasteiger partial charge in [0, 0.05) is 60.9 Å². The van der Waals surface area contributed by atoms with Gasteiger partial charge in [0.25, 0.3) is 0 Å². The average molecular weight is 451 g/mol. The molecule has 0 aliphatic carbocycles. The Hall–Kier alpha value is -3.12. The Kier molecular flexibility index (Phi) is 8.66. The van der Waals surface area contributed by atoms with Crippen LogP contribution in [0.1, 0.15) is 45.7 Å². The molecule has 0 aliphatic rings. The largest absolute Gasteiger partial charge is 0.492 e. The number of nitrogens with two attached hydrogens (primary N) is 1. The fourth-order valence-corrected chi connectivity index (χ4v) is 3.96. The summed E-state index contributed by atoms with van der Waals surface area (Å²) in [5, 5.41) is 3.25. The van der Waals surface area contributed by atoms with Gasteiger partial charge in [0.15, 0.2) is 0 Å². The summed E-state index contributed by atoms with van der Waals surface area (Å²) in [6, 6.07) is 8.65. The maximum atomic E-state index is 14.1. The summed E-state index contributed by atoms with van der Waals surface area (Å²) in [7, 11) is 1.93. The number of ether oxygens (including phenoxy) is 1. The lowest BCUT2D eigenvalue weighted by molar-refractivity contribution is 0.321. The van der Waals surface area contributed by atoms with Gasteiger partial charge in [0.1, 0.15) is 17.2 Å². The topological polar surface area (TPSA) is 64.6 Å². The van der Waals surface area contributed by atoms with Gasteiger partial charge in [-0.1, -0.05) is 25.0 Å². The number of benzene rings is 1. The first-order valence-electron chi connectivity index (χ1n) is 11.6. The number of rotatable bonds is 11. The van der Waals surface area contributed by atoms with E-state index in [1.54, 1.807) is 6.07 Å². The lowest BCUT2D eigenvalue weighted by atomic mass is 10.0. The third-order valence-corrected chi connectivity index (χ3v) is 5.89. The summed E-state index contributed by atoms with van der Waals surface area (Å²) in [5.41, 5.74) is 13.0. The molecule has 0 spiro atoms. The molecule has 2 heterocycles. The molecular formula is C27H35FN4O. The Labute approximate surface area is 196 Å². The smallest absolute Gasteiger partial charge is 0.136 e. The monoisotopic (exact) mass is 450 g/mol. The Bertz CT molecular complexity index is 1150. The van der Waals surface area contributed by atoms with Crippen molar-refractivity contribution in [3.63, 3.8) is 0 Å². The van der Waals surface area contributed by atoms with Crippen LogP contribution in [0, 0.1) is 5.82 Å². The number of pyridine rings is 1. The highest BCUT2D eigenvalue weighted by molar-refractivity contribution is 5.71. The van der Waals surface area contributed by atoms with Crippen molar-refractivity contribution in [2.24, 2.45) is 5.73 Å². The van der Waals surface area contributed by atoms with Crippen LogP contribution in [0.4, 0.5) is 4.39 Å². The van der Waals surface area contributed by atoms with Gasteiger partial charge in [-0.15, -0.1) is 0 Å². The van der Waals surface area contributed by atoms with Gasteiger partial charge in [0.05, 0.1) is 6.61 Å². The van der Waals surface area contributed by atoms with Crippen molar-refractivity contribution in [2.75, 3.05) is 20.2 Å². The van der Waals surface area contributed by atoms with Crippen molar-refractivity contribution in [2.45, 2.75) is 46.5 Å². The molecule has 0 atom stereocenters. The minimum Gasteiger partial charge on any atom is -0.492 e. The second kappa shape index (κ2) is 11.7. The number of fused-ring (bicyclic) bond motifs is 1. The molecule has 0 aliphatic heterocycles. The van der Waals surface area contributed by atoms with Crippen LogP contribution in [0.2, 0.25) is 0 Å². The van der Waals surface area contributed by atoms with Gasteiger partial charge >= 0.3 is 0 Å². The van der Waals surface area contributed by atoms with Crippen LogP contribution < -0.4 is 15.8 Å². The predicted octanol–water partition coefficient (Wildman–Crippen LogP) is 5.65. The van der Waals surface area contributed by atoms with Crippen molar-refractivity contribution in [3.8, 4) is 16.9 Å². The molecule has 0 saturated heterocycles. The molecule has 0 unspecified atom stereocenters. The molecule has 1 aromatic carbocycles. The van der Waals surface area contributed by atoms with E-state index in [0.717, 1.165) is 53.8 Å². The molecule has 6 heteroatoms. The van der Waals surface area contributed by atoms with Crippen LogP contribution >= 0.6 is 0 Å². The maximum absolute atomic E-state index is 14.1. The summed E-state index contributed by atoms with van der Waals surface area (Å²) < 4.78 is 22.3. The number of nitrogens with zero attached hydrogens (tertiary/aromatic N) is 2. The van der Waals surface area contributed by atoms with Crippen LogP contribution in [-0.4, -0.2) is 29.6 Å². The first-order chi connectivity index (χ1) is 16.0. The molecule has 0 fully saturated rings. The van der Waals surface area contributed by atoms with Gasteiger partial charge in [-0.2, -0.15) is 0 Å². The molecule has 33 heavy (non-hydrogen) atoms. The van der Waals surface area contributed by atoms with Crippen LogP contribution in [0.15, 0.2) is 65.6 Å². The lowest BCUT2D eigenvalue weighted by Crippen LogP contribution is -2.10. The minimum absolute atomic E-state index is 0.317. The van der Waals surface area contributed by atoms with Crippen LogP contribution in [0.3, 0.4) is 0 Å². The molecule has 0 radical (unpaired) electrons. The molecule has 0 amide bonds. The van der Waals surface area contributed by atoms with Crippen LogP contribution in [-0.2, 0) is 6.42 Å². The summed E-state index contributed by atoms with van der Waals surface area (Å²) in [5.74, 6) is 0.217. The molecule has 0 bridgehead atoms. The van der Waals surface area contributed by atoms with E-state index in [9.17, 15) is 4.39 Å². The number of hydrogen-bond donors (Lipinski definition) is 2. The zero-order chi connectivity index (χ0) is 23.8. The molecular weight excluding hydrogens is 415 g/mol. The number of imidazole rings is 1. The summed E-state index contributed by atoms with van der Waals surface area (Å²) in [4.78, 5) is 4.44. The molecule has 2 aromatic heterocycles. The van der Waals surface area contributed by atoms with Crippen molar-refractivity contribution in [3.05, 3.63) is 77.2 Å². The van der Waals surface area contributed by atoms with Crippen molar-refractivity contribution in [1.82, 2.24) is 14.7 Å². The Balaban J connectivity index is 1.86. The zero-order valence-electron chi connectivity index (χ0n) is 20.1. The zero-order valence-corrected chi connectivity index (χ0v) is 20.1. The first-order valence-corrected chi connectivity index (χ1v) is 11.6. The third kappa shape index (κ3) is 6.02. The molecule has 0 saturated carbocycles. The fraction of sp³-hybridized carbons (Fsp3) is 0.370. The van der Waals surface area contributed by atoms with Gasteiger partial charge in [-0.05, 0) is 56.7 Å². The first kappa shape index (κ1) is 24.5. The van der Waals surface area contributed by atoms with E-state index in [4.69, 9.17) is 10.5 Å². The molecule has 176 valence electrons. The van der Waals surface area contributed by atoms with Gasteiger partial charge in [-0.25, -0.2) is 9.37 Å². The number of aromatic nitrogens is 2. The van der Waals surface area contributed by atoms with E-state index in [0.29, 0.717) is 18.9 Å². The summed E-state index contributed by atoms with van der Waals surface area (Å²) in [6.45, 7) is 7.39. The predicted molar refractivity (Wildman–Crippen MR) is 134 cm³/mol. The van der Waals surface area contributed by atoms with E-state index in [-0.39, 0.29) is 5.82 Å². The Morgan fingerprint density at radius 2 is 2.06 bits per heavy atom. The highest BCUT2D eigenvalue weighted by atomic mass is 19.1. The average Bonchev–Trinajstić information content (AvgIpc) is 3.22. The lowest BCUT2D eigenvalue weighted by Gasteiger charge is -2.16. The number of hydrogen-bond acceptors (Lipinski definition) is 4. The van der Waals surface area contributed by atoms with E-state index in [1.165, 1.54) is 23.3 Å². The fourth-order valence-electron chi connectivity index (χ4n) is 3.96. The van der Waals surface area contributed by atoms with Crippen molar-refractivity contribution >= 4 is 5.65 Å². The van der Waals surface area contributed by atoms with E-state index < -0.39 is 0 Å². The van der Waals surface area contributed by atoms with E-state index >= 15 is 0 Å². The second-order valence-electron chi connectivity index (χ2n) is 8.20. The standard InChI is InChI=1S/C27H35FN4O/c1-5-6-7-19(2)24(20(3)30-4)13-15-33-26-16-22(28)9-10-25(26)21-8-11-27-31-17-23(12-14-29)32(27)18-21/h7-11,16-18,30H,5-6,12-15,29H2,1-4H3/b19-7+,24-20-. The normalized spacial score (nSPS) is 12.7. The maximum Gasteiger partial charge on any atom is 0.136 e. The molecule has 3 rings (SSSR count). The summed E-state index contributed by atoms with van der Waals surface area (Å²) >= 11 is 0. The number of unbranched alkanes of at least 4 members (excludes halogenated alkanes) is 1. The molecule has 3 aromatic rings. The van der Waals surface area contributed by atoms with Gasteiger partial charge in [-0.3, -0.25) is 0 Å². The van der Waals surface area contributed by atoms with E-state index in [1.807, 2.05) is 36.0 Å². The van der Waals surface area contributed by atoms with E-state index in [2.05, 4.69) is 37.1 Å². The SMILES string of the molecule is CCC/C=C(C)/C(CCOc1cc(F)ccc1-c1ccc2ncc(CCN)n2c1)=C(/C)NC. The highest BCUT2D eigenvalue weighted by Crippen LogP contribution is 2.32. The molecule has 5 nitrogen and oxygen atoms in total. The highest BCUT2D eigenvalue weighted by Gasteiger charge is 2.12. The summed E-state index contributed by atoms with van der Waals surface area (Å²) in [6.07, 6.45) is 9.76. The van der Waals surface area contributed by atoms with Gasteiger partial charge in [0.2, 0.25) is 0 Å². The minimum atomic E-state index is -0.317. The number of halogens is 1. The van der Waals surface area contributed by atoms with Crippen molar-refractivity contribution in [1.29, 1.82) is 0 Å². The number of nitrogens with one attached hydrogen (secondary N) is 1. The van der Waals surface area contributed by atoms with Crippen LogP contribution in [0.25, 0.3) is 16.8 Å². The quantitative estimate of drug-likeness (QED) is 0.371. The van der Waals surface area contributed by atoms with Crippen LogP contribution in [0.5, 0.6) is 5.75 Å². The number of allylic oxidation sites excluding steroid dienone is 3. The Morgan fingerprint density at radius 1 is 1.24 bits per heavy atom.